The molecule has 0 aliphatic carbocycles. The molecule has 0 aromatic carbocycles. The Bertz CT molecular complexity index is 641. The van der Waals surface area contributed by atoms with E-state index in [2.05, 4.69) is 30.2 Å². The predicted molar refractivity (Wildman–Crippen MR) is 73.7 cm³/mol. The summed E-state index contributed by atoms with van der Waals surface area (Å²) in [5.41, 5.74) is 0.516. The van der Waals surface area contributed by atoms with Crippen LogP contribution in [0, 0.1) is 0 Å². The van der Waals surface area contributed by atoms with Crippen LogP contribution in [0.5, 0.6) is 0 Å². The molecule has 20 heavy (non-hydrogen) atoms. The average molecular weight is 296 g/mol. The Morgan fingerprint density at radius 1 is 1.40 bits per heavy atom. The molecule has 2 aromatic rings. The zero-order valence-corrected chi connectivity index (χ0v) is 11.8. The Morgan fingerprint density at radius 3 is 2.95 bits per heavy atom. The van der Waals surface area contributed by atoms with E-state index in [1.165, 1.54) is 18.7 Å². The smallest absolute Gasteiger partial charge is 0.244 e. The lowest BCUT2D eigenvalue weighted by Crippen LogP contribution is -2.26. The van der Waals surface area contributed by atoms with Crippen LogP contribution < -0.4 is 10.0 Å². The molecule has 0 fully saturated rings. The van der Waals surface area contributed by atoms with Crippen LogP contribution in [0.15, 0.2) is 29.7 Å². The fourth-order valence-corrected chi connectivity index (χ4v) is 2.92. The van der Waals surface area contributed by atoms with E-state index >= 15 is 0 Å². The third kappa shape index (κ3) is 3.52. The third-order valence-electron chi connectivity index (χ3n) is 2.69. The molecule has 0 atom stereocenters. The van der Waals surface area contributed by atoms with Crippen LogP contribution in [0.1, 0.15) is 12.2 Å². The van der Waals surface area contributed by atoms with Crippen molar-refractivity contribution in [3.05, 3.63) is 30.6 Å². The normalized spacial score (nSPS) is 11.4. The summed E-state index contributed by atoms with van der Waals surface area (Å²) in [7, 11) is -1.90. The molecule has 0 aliphatic heterocycles. The van der Waals surface area contributed by atoms with Gasteiger partial charge in [-0.2, -0.15) is 5.10 Å². The zero-order valence-electron chi connectivity index (χ0n) is 11.0. The minimum Gasteiger partial charge on any atom is -0.387 e. The van der Waals surface area contributed by atoms with Gasteiger partial charge in [-0.3, -0.25) is 10.1 Å². The summed E-state index contributed by atoms with van der Waals surface area (Å²) in [6, 6.07) is 1.61. The number of rotatable bonds is 7. The highest BCUT2D eigenvalue weighted by Crippen LogP contribution is 2.18. The van der Waals surface area contributed by atoms with E-state index in [0.717, 1.165) is 5.82 Å². The highest BCUT2D eigenvalue weighted by molar-refractivity contribution is 7.89. The first-order valence-corrected chi connectivity index (χ1v) is 7.57. The Labute approximate surface area is 117 Å². The van der Waals surface area contributed by atoms with Gasteiger partial charge in [-0.1, -0.05) is 0 Å². The maximum atomic E-state index is 12.1. The largest absolute Gasteiger partial charge is 0.387 e. The SMILES string of the molecule is CNc1ccncc1S(=O)(=O)NCCCc1ncn[nH]1. The van der Waals surface area contributed by atoms with Gasteiger partial charge >= 0.3 is 0 Å². The molecule has 2 heterocycles. The van der Waals surface area contributed by atoms with Crippen LogP contribution in [-0.4, -0.2) is 42.2 Å². The summed E-state index contributed by atoms with van der Waals surface area (Å²) in [4.78, 5) is 7.96. The molecule has 0 saturated heterocycles. The number of hydrogen-bond donors (Lipinski definition) is 3. The van der Waals surface area contributed by atoms with E-state index in [4.69, 9.17) is 0 Å². The summed E-state index contributed by atoms with van der Waals surface area (Å²) < 4.78 is 26.8. The van der Waals surface area contributed by atoms with Gasteiger partial charge in [0.25, 0.3) is 0 Å². The number of hydrogen-bond acceptors (Lipinski definition) is 6. The molecule has 3 N–H and O–H groups in total. The van der Waals surface area contributed by atoms with Gasteiger partial charge in [0.05, 0.1) is 5.69 Å². The number of nitrogens with zero attached hydrogens (tertiary/aromatic N) is 3. The van der Waals surface area contributed by atoms with Crippen molar-refractivity contribution in [2.45, 2.75) is 17.7 Å². The molecular weight excluding hydrogens is 280 g/mol. The molecule has 2 aromatic heterocycles. The van der Waals surface area contributed by atoms with Crippen LogP contribution in [0.25, 0.3) is 0 Å². The van der Waals surface area contributed by atoms with Crippen molar-refractivity contribution in [2.24, 2.45) is 0 Å². The van der Waals surface area contributed by atoms with E-state index in [9.17, 15) is 8.42 Å². The van der Waals surface area contributed by atoms with Gasteiger partial charge in [-0.25, -0.2) is 18.1 Å². The molecule has 0 saturated carbocycles. The van der Waals surface area contributed by atoms with Crippen molar-refractivity contribution in [1.82, 2.24) is 24.9 Å². The molecule has 0 unspecified atom stereocenters. The molecule has 0 aliphatic rings. The van der Waals surface area contributed by atoms with E-state index in [1.807, 2.05) is 0 Å². The Kier molecular flexibility index (Phi) is 4.64. The second-order valence-electron chi connectivity index (χ2n) is 4.06. The van der Waals surface area contributed by atoms with E-state index in [-0.39, 0.29) is 4.90 Å². The van der Waals surface area contributed by atoms with Crippen molar-refractivity contribution in [3.8, 4) is 0 Å². The van der Waals surface area contributed by atoms with Crippen molar-refractivity contribution in [2.75, 3.05) is 18.9 Å². The van der Waals surface area contributed by atoms with Crippen LogP contribution in [-0.2, 0) is 16.4 Å². The van der Waals surface area contributed by atoms with Gasteiger partial charge in [0, 0.05) is 32.4 Å². The van der Waals surface area contributed by atoms with Gasteiger partial charge in [0.1, 0.15) is 17.0 Å². The van der Waals surface area contributed by atoms with Crippen molar-refractivity contribution >= 4 is 15.7 Å². The Balaban J connectivity index is 1.94. The Hall–Kier alpha value is -2.00. The summed E-state index contributed by atoms with van der Waals surface area (Å²) >= 11 is 0. The molecule has 0 spiro atoms. The maximum Gasteiger partial charge on any atom is 0.244 e. The maximum absolute atomic E-state index is 12.1. The second kappa shape index (κ2) is 6.44. The van der Waals surface area contributed by atoms with Gasteiger partial charge in [-0.05, 0) is 12.5 Å². The standard InChI is InChI=1S/C11H16N6O2S/c1-12-9-4-6-13-7-10(9)20(18,19)16-5-2-3-11-14-8-15-17-11/h4,6-8,16H,2-3,5H2,1H3,(H,12,13)(H,14,15,17). The number of aromatic amines is 1. The Morgan fingerprint density at radius 2 is 2.25 bits per heavy atom. The highest BCUT2D eigenvalue weighted by Gasteiger charge is 2.17. The number of pyridine rings is 1. The number of aromatic nitrogens is 4. The highest BCUT2D eigenvalue weighted by atomic mass is 32.2. The monoisotopic (exact) mass is 296 g/mol. The first-order valence-electron chi connectivity index (χ1n) is 6.09. The molecule has 2 rings (SSSR count). The van der Waals surface area contributed by atoms with Gasteiger partial charge in [0.15, 0.2) is 0 Å². The summed E-state index contributed by atoms with van der Waals surface area (Å²) in [5.74, 6) is 0.737. The molecule has 8 nitrogen and oxygen atoms in total. The number of sulfonamides is 1. The molecule has 0 amide bonds. The minimum atomic E-state index is -3.57. The number of anilines is 1. The second-order valence-corrected chi connectivity index (χ2v) is 5.79. The van der Waals surface area contributed by atoms with Crippen LogP contribution in [0.4, 0.5) is 5.69 Å². The molecule has 108 valence electrons. The van der Waals surface area contributed by atoms with E-state index in [0.29, 0.717) is 25.1 Å². The average Bonchev–Trinajstić information content (AvgIpc) is 2.97. The van der Waals surface area contributed by atoms with Gasteiger partial charge < -0.3 is 5.32 Å². The lowest BCUT2D eigenvalue weighted by atomic mass is 10.3. The number of H-pyrrole nitrogens is 1. The quantitative estimate of drug-likeness (QED) is 0.627. The molecule has 9 heteroatoms. The zero-order chi connectivity index (χ0) is 14.4. The lowest BCUT2D eigenvalue weighted by Gasteiger charge is -2.10. The molecule has 0 radical (unpaired) electrons. The van der Waals surface area contributed by atoms with Gasteiger partial charge in [0.2, 0.25) is 10.0 Å². The fourth-order valence-electron chi connectivity index (χ4n) is 1.69. The lowest BCUT2D eigenvalue weighted by molar-refractivity contribution is 0.578. The minimum absolute atomic E-state index is 0.141. The van der Waals surface area contributed by atoms with E-state index < -0.39 is 10.0 Å². The van der Waals surface area contributed by atoms with Crippen LogP contribution in [0.2, 0.25) is 0 Å². The number of nitrogens with one attached hydrogen (secondary N) is 3. The summed E-state index contributed by atoms with van der Waals surface area (Å²) in [6.45, 7) is 0.321. The summed E-state index contributed by atoms with van der Waals surface area (Å²) in [6.07, 6.45) is 5.55. The molecular formula is C11H16N6O2S. The predicted octanol–water partition coefficient (Wildman–Crippen LogP) is 0.152. The third-order valence-corrected chi connectivity index (χ3v) is 4.18. The topological polar surface area (TPSA) is 113 Å². The van der Waals surface area contributed by atoms with Crippen molar-refractivity contribution in [3.63, 3.8) is 0 Å². The van der Waals surface area contributed by atoms with Crippen LogP contribution >= 0.6 is 0 Å². The van der Waals surface area contributed by atoms with Crippen molar-refractivity contribution < 1.29 is 8.42 Å². The van der Waals surface area contributed by atoms with Crippen molar-refractivity contribution in [1.29, 1.82) is 0 Å². The van der Waals surface area contributed by atoms with Crippen LogP contribution in [0.3, 0.4) is 0 Å². The van der Waals surface area contributed by atoms with Gasteiger partial charge in [-0.15, -0.1) is 0 Å². The fraction of sp³-hybridized carbons (Fsp3) is 0.364. The summed E-state index contributed by atoms with van der Waals surface area (Å²) in [5, 5.41) is 9.29. The molecule has 0 bridgehead atoms. The number of aryl methyl sites for hydroxylation is 1. The first kappa shape index (κ1) is 14.4. The first-order chi connectivity index (χ1) is 9.63. The van der Waals surface area contributed by atoms with E-state index in [1.54, 1.807) is 13.1 Å².